The minimum atomic E-state index is -0.963. The molecule has 0 radical (unpaired) electrons. The fraction of sp³-hybridized carbons (Fsp3) is 0.900. The highest BCUT2D eigenvalue weighted by Gasteiger charge is 2.13. The van der Waals surface area contributed by atoms with Crippen LogP contribution in [0.2, 0.25) is 0 Å². The van der Waals surface area contributed by atoms with Crippen LogP contribution in [0.1, 0.15) is 33.6 Å². The van der Waals surface area contributed by atoms with Gasteiger partial charge in [0.2, 0.25) is 0 Å². The van der Waals surface area contributed by atoms with E-state index in [1.807, 2.05) is 6.92 Å². The fourth-order valence-electron chi connectivity index (χ4n) is 1.15. The lowest BCUT2D eigenvalue weighted by atomic mass is 10.0. The first kappa shape index (κ1) is 13.4. The summed E-state index contributed by atoms with van der Waals surface area (Å²) in [5.41, 5.74) is 0. The molecule has 0 amide bonds. The lowest BCUT2D eigenvalue weighted by Gasteiger charge is -2.21. The van der Waals surface area contributed by atoms with Gasteiger partial charge in [0.05, 0.1) is 12.5 Å². The first-order valence-electron chi connectivity index (χ1n) is 5.10. The molecular formula is C10H21NO3. The van der Waals surface area contributed by atoms with Crippen LogP contribution in [0.3, 0.4) is 0 Å². The highest BCUT2D eigenvalue weighted by Crippen LogP contribution is 2.06. The lowest BCUT2D eigenvalue weighted by molar-refractivity contribution is -0.139. The van der Waals surface area contributed by atoms with Gasteiger partial charge in [0.25, 0.3) is 0 Å². The van der Waals surface area contributed by atoms with Crippen LogP contribution in [0.5, 0.6) is 0 Å². The van der Waals surface area contributed by atoms with E-state index in [0.717, 1.165) is 6.42 Å². The maximum Gasteiger partial charge on any atom is 0.306 e. The standard InChI is InChI=1S/C10H21NO3/c1-4-7(2)8(3)11-6-9(12)5-10(13)14/h7-9,11-12H,4-6H2,1-3H3,(H,13,14). The van der Waals surface area contributed by atoms with Gasteiger partial charge in [-0.2, -0.15) is 0 Å². The second-order valence-electron chi connectivity index (χ2n) is 3.83. The SMILES string of the molecule is CCC(C)C(C)NCC(O)CC(=O)O. The molecule has 0 saturated heterocycles. The van der Waals surface area contributed by atoms with E-state index in [1.165, 1.54) is 0 Å². The predicted molar refractivity (Wildman–Crippen MR) is 55.2 cm³/mol. The molecule has 0 aliphatic heterocycles. The largest absolute Gasteiger partial charge is 0.481 e. The van der Waals surface area contributed by atoms with Gasteiger partial charge in [-0.25, -0.2) is 0 Å². The number of hydrogen-bond donors (Lipinski definition) is 3. The van der Waals surface area contributed by atoms with Crippen LogP contribution in [0, 0.1) is 5.92 Å². The van der Waals surface area contributed by atoms with Crippen molar-refractivity contribution >= 4 is 5.97 Å². The van der Waals surface area contributed by atoms with Gasteiger partial charge in [0.15, 0.2) is 0 Å². The number of nitrogens with one attached hydrogen (secondary N) is 1. The normalized spacial score (nSPS) is 17.4. The zero-order valence-corrected chi connectivity index (χ0v) is 9.16. The minimum Gasteiger partial charge on any atom is -0.481 e. The molecule has 0 spiro atoms. The predicted octanol–water partition coefficient (Wildman–Crippen LogP) is 0.846. The Morgan fingerprint density at radius 3 is 2.43 bits per heavy atom. The monoisotopic (exact) mass is 203 g/mol. The molecule has 0 aromatic rings. The van der Waals surface area contributed by atoms with Crippen LogP contribution in [0.15, 0.2) is 0 Å². The summed E-state index contributed by atoms with van der Waals surface area (Å²) in [6, 6.07) is 0.309. The number of aliphatic hydroxyl groups is 1. The molecule has 0 saturated carbocycles. The van der Waals surface area contributed by atoms with Crippen LogP contribution in [-0.4, -0.2) is 34.9 Å². The van der Waals surface area contributed by atoms with Crippen molar-refractivity contribution in [1.29, 1.82) is 0 Å². The Morgan fingerprint density at radius 2 is 2.00 bits per heavy atom. The number of carbonyl (C=O) groups is 1. The van der Waals surface area contributed by atoms with E-state index >= 15 is 0 Å². The maximum atomic E-state index is 10.3. The summed E-state index contributed by atoms with van der Waals surface area (Å²) in [6.07, 6.45) is 0.0858. The van der Waals surface area contributed by atoms with Gasteiger partial charge >= 0.3 is 5.97 Å². The summed E-state index contributed by atoms with van der Waals surface area (Å²) in [7, 11) is 0. The highest BCUT2D eigenvalue weighted by molar-refractivity contribution is 5.67. The zero-order valence-electron chi connectivity index (χ0n) is 9.16. The van der Waals surface area contributed by atoms with E-state index < -0.39 is 12.1 Å². The minimum absolute atomic E-state index is 0.194. The number of aliphatic carboxylic acids is 1. The smallest absolute Gasteiger partial charge is 0.306 e. The Labute approximate surface area is 85.3 Å². The quantitative estimate of drug-likeness (QED) is 0.573. The second kappa shape index (κ2) is 6.79. The number of hydrogen-bond acceptors (Lipinski definition) is 3. The highest BCUT2D eigenvalue weighted by atomic mass is 16.4. The first-order chi connectivity index (χ1) is 6.47. The van der Waals surface area contributed by atoms with Gasteiger partial charge in [-0.3, -0.25) is 4.79 Å². The van der Waals surface area contributed by atoms with Gasteiger partial charge in [0.1, 0.15) is 0 Å². The molecule has 0 bridgehead atoms. The molecule has 3 N–H and O–H groups in total. The van der Waals surface area contributed by atoms with E-state index in [4.69, 9.17) is 5.11 Å². The molecular weight excluding hydrogens is 182 g/mol. The van der Waals surface area contributed by atoms with Gasteiger partial charge in [-0.05, 0) is 12.8 Å². The zero-order chi connectivity index (χ0) is 11.1. The maximum absolute atomic E-state index is 10.3. The van der Waals surface area contributed by atoms with Crippen molar-refractivity contribution in [3.05, 3.63) is 0 Å². The lowest BCUT2D eigenvalue weighted by Crippen LogP contribution is -2.38. The van der Waals surface area contributed by atoms with E-state index in [9.17, 15) is 9.90 Å². The fourth-order valence-corrected chi connectivity index (χ4v) is 1.15. The molecule has 0 aromatic heterocycles. The van der Waals surface area contributed by atoms with Crippen LogP contribution in [-0.2, 0) is 4.79 Å². The molecule has 14 heavy (non-hydrogen) atoms. The topological polar surface area (TPSA) is 69.6 Å². The molecule has 0 fully saturated rings. The van der Waals surface area contributed by atoms with Crippen LogP contribution in [0.4, 0.5) is 0 Å². The summed E-state index contributed by atoms with van der Waals surface area (Å²) in [5, 5.41) is 20.8. The van der Waals surface area contributed by atoms with Gasteiger partial charge in [-0.15, -0.1) is 0 Å². The van der Waals surface area contributed by atoms with Crippen molar-refractivity contribution in [1.82, 2.24) is 5.32 Å². The molecule has 0 aliphatic carbocycles. The average molecular weight is 203 g/mol. The Balaban J connectivity index is 3.65. The van der Waals surface area contributed by atoms with Crippen LogP contribution >= 0.6 is 0 Å². The second-order valence-corrected chi connectivity index (χ2v) is 3.83. The molecule has 84 valence electrons. The van der Waals surface area contributed by atoms with E-state index in [1.54, 1.807) is 0 Å². The average Bonchev–Trinajstić information content (AvgIpc) is 2.11. The van der Waals surface area contributed by atoms with Crippen LogP contribution in [0.25, 0.3) is 0 Å². The third kappa shape index (κ3) is 5.94. The Kier molecular flexibility index (Phi) is 6.49. The third-order valence-corrected chi connectivity index (χ3v) is 2.58. The van der Waals surface area contributed by atoms with Crippen molar-refractivity contribution in [2.24, 2.45) is 5.92 Å². The molecule has 0 heterocycles. The summed E-state index contributed by atoms with van der Waals surface area (Å²) in [6.45, 7) is 6.62. The van der Waals surface area contributed by atoms with Crippen molar-refractivity contribution < 1.29 is 15.0 Å². The third-order valence-electron chi connectivity index (χ3n) is 2.58. The Bertz CT molecular complexity index is 173. The molecule has 0 aliphatic rings. The van der Waals surface area contributed by atoms with E-state index in [-0.39, 0.29) is 6.42 Å². The summed E-state index contributed by atoms with van der Waals surface area (Å²) < 4.78 is 0. The van der Waals surface area contributed by atoms with Gasteiger partial charge < -0.3 is 15.5 Å². The van der Waals surface area contributed by atoms with Crippen molar-refractivity contribution in [3.8, 4) is 0 Å². The Morgan fingerprint density at radius 1 is 1.43 bits per heavy atom. The summed E-state index contributed by atoms with van der Waals surface area (Å²) in [4.78, 5) is 10.3. The van der Waals surface area contributed by atoms with Crippen LogP contribution < -0.4 is 5.32 Å². The molecule has 0 rings (SSSR count). The van der Waals surface area contributed by atoms with Gasteiger partial charge in [-0.1, -0.05) is 20.3 Å². The molecule has 4 nitrogen and oxygen atoms in total. The van der Waals surface area contributed by atoms with Crippen molar-refractivity contribution in [3.63, 3.8) is 0 Å². The van der Waals surface area contributed by atoms with Gasteiger partial charge in [0, 0.05) is 12.6 Å². The van der Waals surface area contributed by atoms with Crippen molar-refractivity contribution in [2.75, 3.05) is 6.54 Å². The van der Waals surface area contributed by atoms with Crippen molar-refractivity contribution in [2.45, 2.75) is 45.8 Å². The molecule has 0 aromatic carbocycles. The molecule has 3 atom stereocenters. The summed E-state index contributed by atoms with van der Waals surface area (Å²) >= 11 is 0. The number of aliphatic hydroxyl groups excluding tert-OH is 1. The summed E-state index contributed by atoms with van der Waals surface area (Å²) in [5.74, 6) is -0.428. The van der Waals surface area contributed by atoms with E-state index in [2.05, 4.69) is 19.2 Å². The molecule has 3 unspecified atom stereocenters. The number of carboxylic acid groups (broad SMARTS) is 1. The molecule has 4 heteroatoms. The number of rotatable bonds is 7. The Hall–Kier alpha value is -0.610. The number of carboxylic acids is 1. The van der Waals surface area contributed by atoms with E-state index in [0.29, 0.717) is 18.5 Å². The first-order valence-corrected chi connectivity index (χ1v) is 5.10.